The fraction of sp³-hybridized carbons (Fsp3) is 0.400. The average molecular weight is 289 g/mol. The van der Waals surface area contributed by atoms with Crippen molar-refractivity contribution in [3.63, 3.8) is 0 Å². The molecule has 0 amide bonds. The second kappa shape index (κ2) is 4.87. The Morgan fingerprint density at radius 1 is 1.19 bits per heavy atom. The zero-order valence-corrected chi connectivity index (χ0v) is 12.8. The molecule has 0 atom stereocenters. The van der Waals surface area contributed by atoms with Gasteiger partial charge in [0, 0.05) is 20.3 Å². The molecule has 0 saturated carbocycles. The lowest BCUT2D eigenvalue weighted by atomic mass is 9.87. The topological polar surface area (TPSA) is 76.6 Å². The molecule has 1 aliphatic rings. The molecule has 0 fully saturated rings. The van der Waals surface area contributed by atoms with Crippen molar-refractivity contribution in [3.05, 3.63) is 43.7 Å². The molecule has 1 N–H and O–H groups in total. The Morgan fingerprint density at radius 2 is 1.81 bits per heavy atom. The number of hydrogen-bond acceptors (Lipinski definition) is 4. The van der Waals surface area contributed by atoms with Crippen molar-refractivity contribution in [3.8, 4) is 5.88 Å². The van der Waals surface area contributed by atoms with Crippen molar-refractivity contribution in [2.75, 3.05) is 0 Å². The van der Waals surface area contributed by atoms with E-state index in [-0.39, 0.29) is 16.9 Å². The molecule has 0 aliphatic carbocycles. The van der Waals surface area contributed by atoms with Crippen LogP contribution in [0.3, 0.4) is 0 Å². The molecule has 0 aromatic carbocycles. The van der Waals surface area contributed by atoms with Gasteiger partial charge in [0.25, 0.3) is 5.56 Å². The Bertz CT molecular complexity index is 799. The molecule has 1 aromatic rings. The van der Waals surface area contributed by atoms with E-state index in [9.17, 15) is 14.7 Å². The molecule has 21 heavy (non-hydrogen) atoms. The van der Waals surface area contributed by atoms with E-state index in [0.717, 1.165) is 14.7 Å². The maximum atomic E-state index is 12.1. The lowest BCUT2D eigenvalue weighted by Gasteiger charge is -2.16. The van der Waals surface area contributed by atoms with Crippen LogP contribution in [-0.2, 0) is 14.1 Å². The van der Waals surface area contributed by atoms with Gasteiger partial charge in [-0.1, -0.05) is 20.8 Å². The van der Waals surface area contributed by atoms with Crippen LogP contribution in [0.5, 0.6) is 5.88 Å². The minimum atomic E-state index is -0.569. The number of allylic oxidation sites excluding steroid dienone is 2. The second-order valence-corrected chi connectivity index (χ2v) is 6.12. The number of rotatable bonds is 1. The number of hydrogen-bond donors (Lipinski definition) is 1. The van der Waals surface area contributed by atoms with Crippen LogP contribution < -0.4 is 11.2 Å². The monoisotopic (exact) mass is 289 g/mol. The predicted octanol–water partition coefficient (Wildman–Crippen LogP) is 1.19. The smallest absolute Gasteiger partial charge is 0.333 e. The predicted molar refractivity (Wildman–Crippen MR) is 82.6 cm³/mol. The molecular weight excluding hydrogens is 270 g/mol. The maximum Gasteiger partial charge on any atom is 0.333 e. The third kappa shape index (κ3) is 2.61. The van der Waals surface area contributed by atoms with Crippen LogP contribution in [0.4, 0.5) is 0 Å². The molecule has 2 rings (SSSR count). The highest BCUT2D eigenvalue weighted by molar-refractivity contribution is 5.87. The van der Waals surface area contributed by atoms with E-state index in [1.165, 1.54) is 20.2 Å². The highest BCUT2D eigenvalue weighted by Crippen LogP contribution is 2.29. The largest absolute Gasteiger partial charge is 0.494 e. The SMILES string of the molecule is Cn1c(O)c(C=C2C=C(C(C)(C)C)C=N2)c(=O)n(C)c1=O. The number of nitrogens with zero attached hydrogens (tertiary/aromatic N) is 3. The summed E-state index contributed by atoms with van der Waals surface area (Å²) in [5.74, 6) is -0.358. The summed E-state index contributed by atoms with van der Waals surface area (Å²) in [4.78, 5) is 28.0. The molecular formula is C15H19N3O3. The first-order valence-corrected chi connectivity index (χ1v) is 6.60. The van der Waals surface area contributed by atoms with Gasteiger partial charge >= 0.3 is 5.69 Å². The summed E-state index contributed by atoms with van der Waals surface area (Å²) in [6, 6.07) is 0. The van der Waals surface area contributed by atoms with Gasteiger partial charge in [-0.2, -0.15) is 0 Å². The van der Waals surface area contributed by atoms with Crippen LogP contribution in [-0.4, -0.2) is 20.5 Å². The standard InChI is InChI=1S/C15H19N3O3/c1-15(2,3)9-6-10(16-8-9)7-11-12(19)17(4)14(21)18(5)13(11)20/h6-8,19H,1-5H3. The van der Waals surface area contributed by atoms with Crippen LogP contribution in [0, 0.1) is 5.41 Å². The van der Waals surface area contributed by atoms with Crippen LogP contribution >= 0.6 is 0 Å². The number of aromatic nitrogens is 2. The Labute approximate surface area is 122 Å². The molecule has 0 spiro atoms. The maximum absolute atomic E-state index is 12.1. The highest BCUT2D eigenvalue weighted by atomic mass is 16.3. The molecule has 2 heterocycles. The molecule has 0 saturated heterocycles. The molecule has 0 radical (unpaired) electrons. The minimum absolute atomic E-state index is 0.0460. The fourth-order valence-corrected chi connectivity index (χ4v) is 2.00. The van der Waals surface area contributed by atoms with Crippen molar-refractivity contribution >= 4 is 12.3 Å². The fourth-order valence-electron chi connectivity index (χ4n) is 2.00. The molecule has 0 unspecified atom stereocenters. The first kappa shape index (κ1) is 15.0. The second-order valence-electron chi connectivity index (χ2n) is 6.12. The van der Waals surface area contributed by atoms with Crippen molar-refractivity contribution < 1.29 is 5.11 Å². The van der Waals surface area contributed by atoms with Crippen molar-refractivity contribution in [1.29, 1.82) is 0 Å². The van der Waals surface area contributed by atoms with Crippen LogP contribution in [0.1, 0.15) is 26.3 Å². The molecule has 6 nitrogen and oxygen atoms in total. The molecule has 112 valence electrons. The van der Waals surface area contributed by atoms with Gasteiger partial charge in [0.1, 0.15) is 5.56 Å². The third-order valence-electron chi connectivity index (χ3n) is 3.48. The van der Waals surface area contributed by atoms with Crippen molar-refractivity contribution in [2.45, 2.75) is 20.8 Å². The van der Waals surface area contributed by atoms with E-state index >= 15 is 0 Å². The highest BCUT2D eigenvalue weighted by Gasteiger charge is 2.20. The van der Waals surface area contributed by atoms with E-state index in [4.69, 9.17) is 0 Å². The zero-order chi connectivity index (χ0) is 15.9. The summed E-state index contributed by atoms with van der Waals surface area (Å²) >= 11 is 0. The molecule has 6 heteroatoms. The van der Waals surface area contributed by atoms with E-state index < -0.39 is 11.2 Å². The van der Waals surface area contributed by atoms with Gasteiger partial charge < -0.3 is 5.11 Å². The van der Waals surface area contributed by atoms with Crippen LogP contribution in [0.15, 0.2) is 31.9 Å². The molecule has 1 aliphatic heterocycles. The summed E-state index contributed by atoms with van der Waals surface area (Å²) in [5, 5.41) is 10.0. The summed E-state index contributed by atoms with van der Waals surface area (Å²) in [6.45, 7) is 6.20. The summed E-state index contributed by atoms with van der Waals surface area (Å²) < 4.78 is 1.99. The van der Waals surface area contributed by atoms with Gasteiger partial charge in [0.05, 0.1) is 5.70 Å². The van der Waals surface area contributed by atoms with E-state index in [1.807, 2.05) is 6.08 Å². The van der Waals surface area contributed by atoms with Gasteiger partial charge in [-0.15, -0.1) is 0 Å². The Morgan fingerprint density at radius 3 is 2.33 bits per heavy atom. The summed E-state index contributed by atoms with van der Waals surface area (Å²) in [7, 11) is 2.79. The Balaban J connectivity index is 2.60. The van der Waals surface area contributed by atoms with Crippen molar-refractivity contribution in [2.24, 2.45) is 24.5 Å². The van der Waals surface area contributed by atoms with E-state index in [0.29, 0.717) is 5.70 Å². The van der Waals surface area contributed by atoms with E-state index in [1.54, 1.807) is 6.21 Å². The summed E-state index contributed by atoms with van der Waals surface area (Å²) in [6.07, 6.45) is 5.10. The average Bonchev–Trinajstić information content (AvgIpc) is 2.88. The first-order chi connectivity index (χ1) is 9.62. The third-order valence-corrected chi connectivity index (χ3v) is 3.48. The number of aromatic hydroxyl groups is 1. The number of aliphatic imine (C=N–C) groups is 1. The van der Waals surface area contributed by atoms with Crippen LogP contribution in [0.2, 0.25) is 0 Å². The van der Waals surface area contributed by atoms with Gasteiger partial charge in [0.2, 0.25) is 5.88 Å². The minimum Gasteiger partial charge on any atom is -0.494 e. The van der Waals surface area contributed by atoms with Crippen LogP contribution in [0.25, 0.3) is 6.08 Å². The zero-order valence-electron chi connectivity index (χ0n) is 12.8. The van der Waals surface area contributed by atoms with Gasteiger partial charge in [-0.25, -0.2) is 4.79 Å². The van der Waals surface area contributed by atoms with E-state index in [2.05, 4.69) is 25.8 Å². The van der Waals surface area contributed by atoms with Gasteiger partial charge in [-0.3, -0.25) is 18.9 Å². The first-order valence-electron chi connectivity index (χ1n) is 6.60. The Hall–Kier alpha value is -2.37. The quantitative estimate of drug-likeness (QED) is 0.843. The Kier molecular flexibility index (Phi) is 3.49. The normalized spacial score (nSPS) is 16.6. The summed E-state index contributed by atoms with van der Waals surface area (Å²) in [5.41, 5.74) is 0.505. The molecule has 1 aromatic heterocycles. The molecule has 0 bridgehead atoms. The van der Waals surface area contributed by atoms with Gasteiger partial charge in [0.15, 0.2) is 0 Å². The lowest BCUT2D eigenvalue weighted by molar-refractivity contribution is 0.410. The van der Waals surface area contributed by atoms with Crippen molar-refractivity contribution in [1.82, 2.24) is 9.13 Å². The lowest BCUT2D eigenvalue weighted by Crippen LogP contribution is -2.37. The van der Waals surface area contributed by atoms with Gasteiger partial charge in [-0.05, 0) is 23.1 Å².